The Hall–Kier alpha value is -4.04. The largest absolute Gasteiger partial charge is 0.468 e. The second-order valence-corrected chi connectivity index (χ2v) is 9.57. The minimum absolute atomic E-state index is 0.0829. The van der Waals surface area contributed by atoms with Gasteiger partial charge in [0, 0.05) is 29.6 Å². The molecule has 8 nitrogen and oxygen atoms in total. The number of tetrazole rings is 1. The van der Waals surface area contributed by atoms with Crippen LogP contribution in [0.15, 0.2) is 76.1 Å². The fourth-order valence-corrected chi connectivity index (χ4v) is 5.02. The number of fused-ring (bicyclic) bond motifs is 1. The van der Waals surface area contributed by atoms with Crippen molar-refractivity contribution in [3.63, 3.8) is 0 Å². The topological polar surface area (TPSA) is 92.8 Å². The summed E-state index contributed by atoms with van der Waals surface area (Å²) in [6.45, 7) is 7.87. The van der Waals surface area contributed by atoms with Crippen LogP contribution in [0.5, 0.6) is 0 Å². The van der Waals surface area contributed by atoms with Crippen molar-refractivity contribution in [2.45, 2.75) is 59.3 Å². The van der Waals surface area contributed by atoms with Gasteiger partial charge in [0.1, 0.15) is 5.76 Å². The van der Waals surface area contributed by atoms with Crippen molar-refractivity contribution in [2.75, 3.05) is 0 Å². The second kappa shape index (κ2) is 10.9. The molecule has 3 aromatic heterocycles. The monoisotopic (exact) mass is 496 g/mol. The molecule has 5 aromatic rings. The van der Waals surface area contributed by atoms with Crippen LogP contribution in [0.1, 0.15) is 53.2 Å². The van der Waals surface area contributed by atoms with Crippen LogP contribution >= 0.6 is 0 Å². The van der Waals surface area contributed by atoms with Crippen molar-refractivity contribution in [1.29, 1.82) is 0 Å². The first-order valence-corrected chi connectivity index (χ1v) is 12.7. The third-order valence-electron chi connectivity index (χ3n) is 6.84. The van der Waals surface area contributed by atoms with Crippen molar-refractivity contribution in [3.05, 3.63) is 111 Å². The highest BCUT2D eigenvalue weighted by molar-refractivity contribution is 5.83. The van der Waals surface area contributed by atoms with Gasteiger partial charge in [-0.1, -0.05) is 43.3 Å². The Bertz CT molecular complexity index is 1520. The van der Waals surface area contributed by atoms with E-state index in [1.807, 2.05) is 54.1 Å². The van der Waals surface area contributed by atoms with Crippen LogP contribution < -0.4 is 5.56 Å². The molecular weight excluding hydrogens is 464 g/mol. The molecule has 190 valence electrons. The van der Waals surface area contributed by atoms with Crippen LogP contribution in [-0.2, 0) is 26.1 Å². The zero-order chi connectivity index (χ0) is 25.8. The molecule has 1 N–H and O–H groups in total. The lowest BCUT2D eigenvalue weighted by Gasteiger charge is -2.29. The summed E-state index contributed by atoms with van der Waals surface area (Å²) in [4.78, 5) is 18.5. The van der Waals surface area contributed by atoms with E-state index in [1.54, 1.807) is 6.26 Å². The van der Waals surface area contributed by atoms with Crippen molar-refractivity contribution < 1.29 is 4.42 Å². The smallest absolute Gasteiger partial charge is 0.252 e. The van der Waals surface area contributed by atoms with E-state index in [0.29, 0.717) is 25.2 Å². The molecule has 0 aliphatic heterocycles. The standard InChI is InChI=1S/C29H32N6O2/c1-4-27(28-31-32-33-35(28)13-12-22-9-6-5-7-10-22)34(19-24-11-8-14-37-24)18-23-17-25-21(3)15-20(2)16-26(25)30-29(23)36/h5-11,14-17,27H,4,12-13,18-19H2,1-3H3,(H,30,36). The molecule has 0 saturated carbocycles. The summed E-state index contributed by atoms with van der Waals surface area (Å²) < 4.78 is 7.58. The maximum absolute atomic E-state index is 13.2. The Labute approximate surface area is 215 Å². The number of hydrogen-bond donors (Lipinski definition) is 1. The van der Waals surface area contributed by atoms with Gasteiger partial charge in [0.15, 0.2) is 5.82 Å². The van der Waals surface area contributed by atoms with Crippen LogP contribution in [-0.4, -0.2) is 30.1 Å². The summed E-state index contributed by atoms with van der Waals surface area (Å²) in [6.07, 6.45) is 3.28. The van der Waals surface area contributed by atoms with E-state index in [4.69, 9.17) is 4.42 Å². The van der Waals surface area contributed by atoms with E-state index in [2.05, 4.69) is 57.5 Å². The molecule has 3 heterocycles. The van der Waals surface area contributed by atoms with E-state index in [0.717, 1.165) is 46.5 Å². The highest BCUT2D eigenvalue weighted by Gasteiger charge is 2.26. The Balaban J connectivity index is 1.47. The summed E-state index contributed by atoms with van der Waals surface area (Å²) >= 11 is 0. The SMILES string of the molecule is CCC(c1nnnn1CCc1ccccc1)N(Cc1ccco1)Cc1cc2c(C)cc(C)cc2[nH]c1=O. The number of aryl methyl sites for hydroxylation is 4. The van der Waals surface area contributed by atoms with E-state index in [1.165, 1.54) is 5.56 Å². The van der Waals surface area contributed by atoms with E-state index >= 15 is 0 Å². The number of furan rings is 1. The fraction of sp³-hybridized carbons (Fsp3) is 0.310. The molecule has 0 saturated heterocycles. The zero-order valence-electron chi connectivity index (χ0n) is 21.5. The highest BCUT2D eigenvalue weighted by atomic mass is 16.3. The number of hydrogen-bond acceptors (Lipinski definition) is 6. The molecule has 0 aliphatic rings. The van der Waals surface area contributed by atoms with Gasteiger partial charge in [0.2, 0.25) is 0 Å². The number of nitrogens with one attached hydrogen (secondary N) is 1. The van der Waals surface area contributed by atoms with Gasteiger partial charge in [-0.3, -0.25) is 9.69 Å². The average Bonchev–Trinajstić information content (AvgIpc) is 3.57. The quantitative estimate of drug-likeness (QED) is 0.288. The van der Waals surface area contributed by atoms with Gasteiger partial charge < -0.3 is 9.40 Å². The van der Waals surface area contributed by atoms with Gasteiger partial charge in [-0.05, 0) is 78.1 Å². The molecule has 1 unspecified atom stereocenters. The predicted molar refractivity (Wildman–Crippen MR) is 143 cm³/mol. The molecule has 0 fully saturated rings. The molecule has 8 heteroatoms. The van der Waals surface area contributed by atoms with E-state index in [-0.39, 0.29) is 11.6 Å². The summed E-state index contributed by atoms with van der Waals surface area (Å²) in [6, 6.07) is 20.2. The molecule has 0 spiro atoms. The number of nitrogens with zero attached hydrogens (tertiary/aromatic N) is 5. The summed E-state index contributed by atoms with van der Waals surface area (Å²) in [5.74, 6) is 1.61. The number of rotatable bonds is 10. The highest BCUT2D eigenvalue weighted by Crippen LogP contribution is 2.27. The lowest BCUT2D eigenvalue weighted by molar-refractivity contribution is 0.148. The van der Waals surface area contributed by atoms with Crippen molar-refractivity contribution in [3.8, 4) is 0 Å². The van der Waals surface area contributed by atoms with Gasteiger partial charge in [0.05, 0.1) is 18.8 Å². The average molecular weight is 497 g/mol. The fourth-order valence-electron chi connectivity index (χ4n) is 5.02. The number of H-pyrrole nitrogens is 1. The van der Waals surface area contributed by atoms with Crippen LogP contribution in [0.3, 0.4) is 0 Å². The van der Waals surface area contributed by atoms with Gasteiger partial charge in [-0.2, -0.15) is 0 Å². The molecule has 37 heavy (non-hydrogen) atoms. The minimum Gasteiger partial charge on any atom is -0.468 e. The zero-order valence-corrected chi connectivity index (χ0v) is 21.5. The summed E-state index contributed by atoms with van der Waals surface area (Å²) in [7, 11) is 0. The van der Waals surface area contributed by atoms with E-state index in [9.17, 15) is 4.79 Å². The first-order chi connectivity index (χ1) is 18.0. The second-order valence-electron chi connectivity index (χ2n) is 9.57. The van der Waals surface area contributed by atoms with Crippen LogP contribution in [0.2, 0.25) is 0 Å². The van der Waals surface area contributed by atoms with Crippen molar-refractivity contribution >= 4 is 10.9 Å². The molecular formula is C29H32N6O2. The lowest BCUT2D eigenvalue weighted by Crippen LogP contribution is -2.32. The summed E-state index contributed by atoms with van der Waals surface area (Å²) in [5.41, 5.74) is 4.98. The van der Waals surface area contributed by atoms with Gasteiger partial charge in [0.25, 0.3) is 5.56 Å². The maximum Gasteiger partial charge on any atom is 0.252 e. The lowest BCUT2D eigenvalue weighted by atomic mass is 10.0. The Morgan fingerprint density at radius 1 is 1.05 bits per heavy atom. The third-order valence-corrected chi connectivity index (χ3v) is 6.84. The maximum atomic E-state index is 13.2. The molecule has 1 atom stereocenters. The minimum atomic E-state index is -0.106. The van der Waals surface area contributed by atoms with Crippen molar-refractivity contribution in [1.82, 2.24) is 30.1 Å². The first-order valence-electron chi connectivity index (χ1n) is 12.7. The van der Waals surface area contributed by atoms with Crippen LogP contribution in [0.25, 0.3) is 10.9 Å². The molecule has 2 aromatic carbocycles. The van der Waals surface area contributed by atoms with E-state index < -0.39 is 0 Å². The number of aromatic nitrogens is 5. The molecule has 0 amide bonds. The first kappa shape index (κ1) is 24.6. The third kappa shape index (κ3) is 5.54. The van der Waals surface area contributed by atoms with Gasteiger partial charge in [-0.15, -0.1) is 5.10 Å². The van der Waals surface area contributed by atoms with Crippen molar-refractivity contribution in [2.24, 2.45) is 0 Å². The molecule has 0 bridgehead atoms. The molecule has 0 aliphatic carbocycles. The van der Waals surface area contributed by atoms with Crippen LogP contribution in [0, 0.1) is 13.8 Å². The Morgan fingerprint density at radius 3 is 2.65 bits per heavy atom. The number of aromatic amines is 1. The number of benzene rings is 2. The van der Waals surface area contributed by atoms with Gasteiger partial charge >= 0.3 is 0 Å². The van der Waals surface area contributed by atoms with Crippen LogP contribution in [0.4, 0.5) is 0 Å². The summed E-state index contributed by atoms with van der Waals surface area (Å²) in [5, 5.41) is 13.8. The molecule has 5 rings (SSSR count). The van der Waals surface area contributed by atoms with Gasteiger partial charge in [-0.25, -0.2) is 4.68 Å². The predicted octanol–water partition coefficient (Wildman–Crippen LogP) is 5.12. The Morgan fingerprint density at radius 2 is 1.89 bits per heavy atom. The molecule has 0 radical (unpaired) electrons. The normalized spacial score (nSPS) is 12.4. The Kier molecular flexibility index (Phi) is 7.28. The number of pyridine rings is 1.